The monoisotopic (exact) mass is 606 g/mol. The zero-order valence-electron chi connectivity index (χ0n) is 21.0. The summed E-state index contributed by atoms with van der Waals surface area (Å²) in [6, 6.07) is 14.1. The summed E-state index contributed by atoms with van der Waals surface area (Å²) in [5.41, 5.74) is 1.67. The van der Waals surface area contributed by atoms with Gasteiger partial charge in [0.05, 0.1) is 18.0 Å². The third kappa shape index (κ3) is 10.0. The summed E-state index contributed by atoms with van der Waals surface area (Å²) in [5.74, 6) is -1.42. The number of alkyl halides is 4. The number of hydrogen-bond donors (Lipinski definition) is 4. The van der Waals surface area contributed by atoms with Gasteiger partial charge in [0.2, 0.25) is 10.0 Å². The van der Waals surface area contributed by atoms with E-state index in [9.17, 15) is 36.2 Å². The van der Waals surface area contributed by atoms with Crippen LogP contribution in [0.1, 0.15) is 22.7 Å². The predicted molar refractivity (Wildman–Crippen MR) is 142 cm³/mol. The number of anilines is 1. The molecule has 0 radical (unpaired) electrons. The molecule has 2 atom stereocenters. The summed E-state index contributed by atoms with van der Waals surface area (Å²) in [6.07, 6.45) is 0.305. The Morgan fingerprint density at radius 3 is 2.12 bits per heavy atom. The van der Waals surface area contributed by atoms with E-state index >= 15 is 0 Å². The number of ether oxygens (including phenoxy) is 2. The standard InChI is InChI=1S/C26H27ClF4N2O6S/c1-40(36,37)33-21-12-16(4-8-22(21)35)10-19(34)14-32-20(11-15-2-6-18(27)7-3-15)17-5-9-23(38-25(28)29)24(13-17)39-26(30)31/h2-9,12-13,19-20,25-26,32-35H,10-11,14H2,1H3. The zero-order chi connectivity index (χ0) is 29.4. The van der Waals surface area contributed by atoms with Crippen molar-refractivity contribution in [2.45, 2.75) is 38.2 Å². The second-order valence-electron chi connectivity index (χ2n) is 8.84. The van der Waals surface area contributed by atoms with Gasteiger partial charge in [0.15, 0.2) is 11.5 Å². The van der Waals surface area contributed by atoms with Gasteiger partial charge in [-0.1, -0.05) is 35.9 Å². The average molecular weight is 607 g/mol. The van der Waals surface area contributed by atoms with Crippen molar-refractivity contribution in [3.8, 4) is 17.2 Å². The number of sulfonamides is 1. The topological polar surface area (TPSA) is 117 Å². The van der Waals surface area contributed by atoms with E-state index in [4.69, 9.17) is 11.6 Å². The number of aromatic hydroxyl groups is 1. The van der Waals surface area contributed by atoms with Crippen LogP contribution >= 0.6 is 11.6 Å². The van der Waals surface area contributed by atoms with Crippen molar-refractivity contribution in [2.75, 3.05) is 17.5 Å². The molecular weight excluding hydrogens is 580 g/mol. The number of benzene rings is 3. The molecule has 0 amide bonds. The average Bonchev–Trinajstić information content (AvgIpc) is 2.84. The maximum Gasteiger partial charge on any atom is 0.387 e. The molecule has 0 aliphatic rings. The molecule has 40 heavy (non-hydrogen) atoms. The minimum Gasteiger partial charge on any atom is -0.506 e. The van der Waals surface area contributed by atoms with E-state index in [2.05, 4.69) is 19.5 Å². The highest BCUT2D eigenvalue weighted by Crippen LogP contribution is 2.34. The highest BCUT2D eigenvalue weighted by Gasteiger charge is 2.21. The third-order valence-corrected chi connectivity index (χ3v) is 6.43. The van der Waals surface area contributed by atoms with Gasteiger partial charge in [0.25, 0.3) is 0 Å². The van der Waals surface area contributed by atoms with Crippen LogP contribution < -0.4 is 19.5 Å². The van der Waals surface area contributed by atoms with Gasteiger partial charge in [0, 0.05) is 17.6 Å². The van der Waals surface area contributed by atoms with Gasteiger partial charge in [-0.05, 0) is 65.9 Å². The van der Waals surface area contributed by atoms with Crippen LogP contribution in [-0.2, 0) is 22.9 Å². The lowest BCUT2D eigenvalue weighted by molar-refractivity contribution is -0.0692. The Morgan fingerprint density at radius 1 is 0.875 bits per heavy atom. The van der Waals surface area contributed by atoms with Gasteiger partial charge in [-0.15, -0.1) is 0 Å². The molecule has 0 aromatic heterocycles. The first-order valence-corrected chi connectivity index (χ1v) is 14.0. The number of nitrogens with one attached hydrogen (secondary N) is 2. The van der Waals surface area contributed by atoms with Crippen LogP contribution in [0.25, 0.3) is 0 Å². The molecule has 14 heteroatoms. The van der Waals surface area contributed by atoms with Crippen molar-refractivity contribution in [3.05, 3.63) is 82.4 Å². The van der Waals surface area contributed by atoms with Crippen LogP contribution in [0.3, 0.4) is 0 Å². The summed E-state index contributed by atoms with van der Waals surface area (Å²) < 4.78 is 85.5. The molecule has 3 aromatic rings. The second-order valence-corrected chi connectivity index (χ2v) is 11.0. The zero-order valence-corrected chi connectivity index (χ0v) is 22.6. The van der Waals surface area contributed by atoms with Crippen LogP contribution in [0, 0.1) is 0 Å². The fourth-order valence-electron chi connectivity index (χ4n) is 3.90. The predicted octanol–water partition coefficient (Wildman–Crippen LogP) is 5.10. The number of aliphatic hydroxyl groups is 1. The Labute approximate surface area is 233 Å². The van der Waals surface area contributed by atoms with Crippen molar-refractivity contribution in [2.24, 2.45) is 0 Å². The molecule has 4 N–H and O–H groups in total. The molecule has 0 bridgehead atoms. The van der Waals surface area contributed by atoms with Gasteiger partial charge >= 0.3 is 13.2 Å². The van der Waals surface area contributed by atoms with Crippen LogP contribution in [-0.4, -0.2) is 50.8 Å². The second kappa shape index (κ2) is 13.9. The first-order valence-electron chi connectivity index (χ1n) is 11.8. The molecule has 0 saturated carbocycles. The smallest absolute Gasteiger partial charge is 0.387 e. The summed E-state index contributed by atoms with van der Waals surface area (Å²) in [5, 5.41) is 24.3. The van der Waals surface area contributed by atoms with Crippen molar-refractivity contribution < 1.29 is 45.7 Å². The van der Waals surface area contributed by atoms with Gasteiger partial charge in [0.1, 0.15) is 5.75 Å². The minimum atomic E-state index is -3.65. The maximum absolute atomic E-state index is 13.0. The van der Waals surface area contributed by atoms with E-state index in [1.165, 1.54) is 24.3 Å². The molecule has 8 nitrogen and oxygen atoms in total. The molecule has 0 fully saturated rings. The van der Waals surface area contributed by atoms with E-state index in [1.54, 1.807) is 24.3 Å². The van der Waals surface area contributed by atoms with Crippen molar-refractivity contribution in [1.29, 1.82) is 0 Å². The van der Waals surface area contributed by atoms with Crippen molar-refractivity contribution >= 4 is 27.3 Å². The molecule has 0 aliphatic heterocycles. The minimum absolute atomic E-state index is 0.00566. The molecule has 218 valence electrons. The number of phenolic OH excluding ortho intramolecular Hbond substituents is 1. The van der Waals surface area contributed by atoms with Crippen molar-refractivity contribution in [3.63, 3.8) is 0 Å². The molecule has 2 unspecified atom stereocenters. The number of halogens is 5. The normalized spacial score (nSPS) is 13.3. The fourth-order valence-corrected chi connectivity index (χ4v) is 4.59. The Hall–Kier alpha value is -3.26. The Balaban J connectivity index is 1.82. The Morgan fingerprint density at radius 2 is 1.50 bits per heavy atom. The molecular formula is C26H27ClF4N2O6S. The van der Waals surface area contributed by atoms with E-state index in [-0.39, 0.29) is 24.4 Å². The Bertz CT molecular complexity index is 1380. The molecule has 0 spiro atoms. The number of rotatable bonds is 14. The van der Waals surface area contributed by atoms with Crippen LogP contribution in [0.5, 0.6) is 17.2 Å². The van der Waals surface area contributed by atoms with Crippen LogP contribution in [0.4, 0.5) is 23.2 Å². The van der Waals surface area contributed by atoms with Gasteiger partial charge < -0.3 is 25.0 Å². The highest BCUT2D eigenvalue weighted by atomic mass is 35.5. The first kappa shape index (κ1) is 31.3. The van der Waals surface area contributed by atoms with E-state index in [1.807, 2.05) is 0 Å². The lowest BCUT2D eigenvalue weighted by Crippen LogP contribution is -2.32. The quantitative estimate of drug-likeness (QED) is 0.149. The van der Waals surface area contributed by atoms with Gasteiger partial charge in [-0.25, -0.2) is 8.42 Å². The third-order valence-electron chi connectivity index (χ3n) is 5.58. The number of aliphatic hydroxyl groups excluding tert-OH is 1. The summed E-state index contributed by atoms with van der Waals surface area (Å²) >= 11 is 5.96. The van der Waals surface area contributed by atoms with Gasteiger partial charge in [-0.3, -0.25) is 4.72 Å². The summed E-state index contributed by atoms with van der Waals surface area (Å²) in [4.78, 5) is 0. The van der Waals surface area contributed by atoms with E-state index < -0.39 is 46.9 Å². The molecule has 3 rings (SSSR count). The first-order chi connectivity index (χ1) is 18.8. The largest absolute Gasteiger partial charge is 0.506 e. The number of phenols is 1. The molecule has 0 saturated heterocycles. The van der Waals surface area contributed by atoms with Crippen molar-refractivity contribution in [1.82, 2.24) is 5.32 Å². The van der Waals surface area contributed by atoms with Crippen LogP contribution in [0.15, 0.2) is 60.7 Å². The maximum atomic E-state index is 13.0. The van der Waals surface area contributed by atoms with E-state index in [0.717, 1.165) is 24.0 Å². The summed E-state index contributed by atoms with van der Waals surface area (Å²) in [6.45, 7) is -6.54. The van der Waals surface area contributed by atoms with Crippen LogP contribution in [0.2, 0.25) is 5.02 Å². The molecule has 0 aliphatic carbocycles. The lowest BCUT2D eigenvalue weighted by Gasteiger charge is -2.23. The molecule has 3 aromatic carbocycles. The molecule has 0 heterocycles. The van der Waals surface area contributed by atoms with E-state index in [0.29, 0.717) is 22.6 Å². The van der Waals surface area contributed by atoms with Gasteiger partial charge in [-0.2, -0.15) is 17.6 Å². The summed E-state index contributed by atoms with van der Waals surface area (Å²) in [7, 11) is -3.65. The fraction of sp³-hybridized carbons (Fsp3) is 0.308. The SMILES string of the molecule is CS(=O)(=O)Nc1cc(CC(O)CNC(Cc2ccc(Cl)cc2)c2ccc(OC(F)F)c(OC(F)F)c2)ccc1O. The lowest BCUT2D eigenvalue weighted by atomic mass is 9.97. The number of hydrogen-bond acceptors (Lipinski definition) is 7. The Kier molecular flexibility index (Phi) is 10.9. The highest BCUT2D eigenvalue weighted by molar-refractivity contribution is 7.92.